The summed E-state index contributed by atoms with van der Waals surface area (Å²) in [6, 6.07) is 12.8. The molecule has 0 saturated carbocycles. The second kappa shape index (κ2) is 8.27. The highest BCUT2D eigenvalue weighted by Crippen LogP contribution is 2.18. The summed E-state index contributed by atoms with van der Waals surface area (Å²) in [5.74, 6) is 0.610. The van der Waals surface area contributed by atoms with Gasteiger partial charge in [-0.05, 0) is 42.5 Å². The van der Waals surface area contributed by atoms with Gasteiger partial charge in [0.05, 0.1) is 12.6 Å². The van der Waals surface area contributed by atoms with Crippen molar-refractivity contribution in [1.29, 1.82) is 0 Å². The smallest absolute Gasteiger partial charge is 0.234 e. The van der Waals surface area contributed by atoms with Crippen LogP contribution in [0.1, 0.15) is 48.7 Å². The van der Waals surface area contributed by atoms with Gasteiger partial charge in [0, 0.05) is 11.4 Å². The zero-order chi connectivity index (χ0) is 16.8. The average Bonchev–Trinajstić information content (AvgIpc) is 3.01. The van der Waals surface area contributed by atoms with Gasteiger partial charge in [-0.15, -0.1) is 11.3 Å². The molecule has 2 aromatic rings. The van der Waals surface area contributed by atoms with E-state index in [0.29, 0.717) is 12.5 Å². The summed E-state index contributed by atoms with van der Waals surface area (Å²) in [6.45, 7) is 7.59. The van der Waals surface area contributed by atoms with Gasteiger partial charge in [-0.25, -0.2) is 0 Å². The summed E-state index contributed by atoms with van der Waals surface area (Å²) in [7, 11) is 1.98. The molecule has 0 radical (unpaired) electrons. The zero-order valence-corrected chi connectivity index (χ0v) is 15.2. The van der Waals surface area contributed by atoms with E-state index in [4.69, 9.17) is 0 Å². The minimum Gasteiger partial charge on any atom is -0.348 e. The number of amides is 1. The fraction of sp³-hybridized carbons (Fsp3) is 0.421. The first kappa shape index (κ1) is 17.7. The molecule has 1 aromatic carbocycles. The number of benzene rings is 1. The molecule has 0 aliphatic rings. The Bertz CT molecular complexity index is 605. The van der Waals surface area contributed by atoms with Crippen molar-refractivity contribution >= 4 is 17.2 Å². The van der Waals surface area contributed by atoms with E-state index in [2.05, 4.69) is 49.5 Å². The van der Waals surface area contributed by atoms with E-state index in [1.165, 1.54) is 16.0 Å². The number of hydrogen-bond acceptors (Lipinski definition) is 3. The molecule has 0 unspecified atom stereocenters. The molecular formula is C19H26N2OS. The fourth-order valence-corrected chi connectivity index (χ4v) is 3.25. The van der Waals surface area contributed by atoms with Crippen molar-refractivity contribution in [2.75, 3.05) is 13.6 Å². The number of carbonyl (C=O) groups excluding carboxylic acids is 1. The Morgan fingerprint density at radius 2 is 1.87 bits per heavy atom. The van der Waals surface area contributed by atoms with E-state index in [0.717, 1.165) is 6.54 Å². The van der Waals surface area contributed by atoms with Gasteiger partial charge in [-0.1, -0.05) is 44.2 Å². The number of rotatable bonds is 7. The summed E-state index contributed by atoms with van der Waals surface area (Å²) < 4.78 is 0. The van der Waals surface area contributed by atoms with E-state index in [9.17, 15) is 4.79 Å². The van der Waals surface area contributed by atoms with Crippen molar-refractivity contribution in [3.63, 3.8) is 0 Å². The average molecular weight is 330 g/mol. The van der Waals surface area contributed by atoms with E-state index < -0.39 is 0 Å². The molecule has 0 spiro atoms. The first-order chi connectivity index (χ1) is 11.0. The summed E-state index contributed by atoms with van der Waals surface area (Å²) in [6.07, 6.45) is 0. The highest BCUT2D eigenvalue weighted by atomic mass is 32.1. The van der Waals surface area contributed by atoms with Crippen LogP contribution in [-0.2, 0) is 11.3 Å². The molecule has 1 heterocycles. The van der Waals surface area contributed by atoms with Gasteiger partial charge in [-0.3, -0.25) is 9.69 Å². The number of thiophene rings is 1. The number of nitrogens with one attached hydrogen (secondary N) is 1. The van der Waals surface area contributed by atoms with Crippen LogP contribution >= 0.6 is 11.3 Å². The molecule has 0 fully saturated rings. The maximum atomic E-state index is 12.1. The van der Waals surface area contributed by atoms with E-state index in [-0.39, 0.29) is 11.9 Å². The Morgan fingerprint density at radius 3 is 2.43 bits per heavy atom. The monoisotopic (exact) mass is 330 g/mol. The van der Waals surface area contributed by atoms with Gasteiger partial charge in [0.25, 0.3) is 0 Å². The molecular weight excluding hydrogens is 304 g/mol. The Morgan fingerprint density at radius 1 is 1.17 bits per heavy atom. The summed E-state index contributed by atoms with van der Waals surface area (Å²) in [5, 5.41) is 5.09. The maximum absolute atomic E-state index is 12.1. The number of carbonyl (C=O) groups is 1. The first-order valence-corrected chi connectivity index (χ1v) is 8.94. The third-order valence-corrected chi connectivity index (χ3v) is 4.91. The maximum Gasteiger partial charge on any atom is 0.234 e. The Kier molecular flexibility index (Phi) is 6.37. The molecule has 2 rings (SSSR count). The van der Waals surface area contributed by atoms with Crippen molar-refractivity contribution in [1.82, 2.24) is 10.2 Å². The zero-order valence-electron chi connectivity index (χ0n) is 14.4. The lowest BCUT2D eigenvalue weighted by Gasteiger charge is -2.19. The summed E-state index contributed by atoms with van der Waals surface area (Å²) in [5.41, 5.74) is 2.58. The van der Waals surface area contributed by atoms with Gasteiger partial charge in [0.2, 0.25) is 5.91 Å². The number of likely N-dealkylation sites (N-methyl/N-ethyl adjacent to an activating group) is 1. The van der Waals surface area contributed by atoms with Crippen LogP contribution in [0.2, 0.25) is 0 Å². The van der Waals surface area contributed by atoms with Crippen molar-refractivity contribution in [3.8, 4) is 0 Å². The van der Waals surface area contributed by atoms with E-state index in [1.54, 1.807) is 11.3 Å². The minimum absolute atomic E-state index is 0.0622. The first-order valence-electron chi connectivity index (χ1n) is 8.06. The van der Waals surface area contributed by atoms with Gasteiger partial charge >= 0.3 is 0 Å². The molecule has 1 N–H and O–H groups in total. The topological polar surface area (TPSA) is 32.3 Å². The van der Waals surface area contributed by atoms with E-state index >= 15 is 0 Å². The molecule has 1 atom stereocenters. The normalized spacial score (nSPS) is 12.6. The predicted molar refractivity (Wildman–Crippen MR) is 97.7 cm³/mol. The lowest BCUT2D eigenvalue weighted by molar-refractivity contribution is -0.122. The molecule has 0 aliphatic carbocycles. The molecule has 0 bridgehead atoms. The molecule has 3 nitrogen and oxygen atoms in total. The largest absolute Gasteiger partial charge is 0.348 e. The summed E-state index contributed by atoms with van der Waals surface area (Å²) >= 11 is 1.67. The quantitative estimate of drug-likeness (QED) is 0.826. The number of nitrogens with zero attached hydrogens (tertiary/aromatic N) is 1. The lowest BCUT2D eigenvalue weighted by Crippen LogP contribution is -2.36. The molecule has 1 aromatic heterocycles. The van der Waals surface area contributed by atoms with Crippen LogP contribution in [0.3, 0.4) is 0 Å². The van der Waals surface area contributed by atoms with Crippen LogP contribution < -0.4 is 5.32 Å². The van der Waals surface area contributed by atoms with Crippen LogP contribution in [0, 0.1) is 0 Å². The molecule has 124 valence electrons. The highest BCUT2D eigenvalue weighted by Gasteiger charge is 2.12. The Hall–Kier alpha value is -1.65. The second-order valence-corrected chi connectivity index (χ2v) is 7.35. The standard InChI is InChI=1S/C19H26N2OS/c1-14(2)17-9-7-16(8-10-17)12-21(4)13-19(22)20-15(3)18-6-5-11-23-18/h5-11,14-15H,12-13H2,1-4H3,(H,20,22)/t15-/m0/s1. The lowest BCUT2D eigenvalue weighted by atomic mass is 10.0. The van der Waals surface area contributed by atoms with Crippen molar-refractivity contribution in [2.24, 2.45) is 0 Å². The van der Waals surface area contributed by atoms with Gasteiger partial charge in [0.15, 0.2) is 0 Å². The fourth-order valence-electron chi connectivity index (χ4n) is 2.52. The predicted octanol–water partition coefficient (Wildman–Crippen LogP) is 4.18. The Balaban J connectivity index is 1.81. The van der Waals surface area contributed by atoms with Crippen LogP contribution in [0.25, 0.3) is 0 Å². The molecule has 23 heavy (non-hydrogen) atoms. The Labute approximate surface area is 143 Å². The van der Waals surface area contributed by atoms with E-state index in [1.807, 2.05) is 30.3 Å². The molecule has 0 saturated heterocycles. The second-order valence-electron chi connectivity index (χ2n) is 6.37. The van der Waals surface area contributed by atoms with Crippen molar-refractivity contribution in [2.45, 2.75) is 39.3 Å². The molecule has 0 aliphatic heterocycles. The third-order valence-electron chi connectivity index (χ3n) is 3.86. The third kappa shape index (κ3) is 5.48. The summed E-state index contributed by atoms with van der Waals surface area (Å²) in [4.78, 5) is 15.4. The number of hydrogen-bond donors (Lipinski definition) is 1. The molecule has 4 heteroatoms. The van der Waals surface area contributed by atoms with Crippen LogP contribution in [-0.4, -0.2) is 24.4 Å². The van der Waals surface area contributed by atoms with Gasteiger partial charge in [0.1, 0.15) is 0 Å². The van der Waals surface area contributed by atoms with Crippen LogP contribution in [0.15, 0.2) is 41.8 Å². The van der Waals surface area contributed by atoms with Gasteiger partial charge in [-0.2, -0.15) is 0 Å². The molecule has 1 amide bonds. The van der Waals surface area contributed by atoms with Crippen molar-refractivity contribution < 1.29 is 4.79 Å². The van der Waals surface area contributed by atoms with Crippen LogP contribution in [0.5, 0.6) is 0 Å². The van der Waals surface area contributed by atoms with Gasteiger partial charge < -0.3 is 5.32 Å². The SMILES string of the molecule is CC(C)c1ccc(CN(C)CC(=O)N[C@@H](C)c2cccs2)cc1. The van der Waals surface area contributed by atoms with Crippen LogP contribution in [0.4, 0.5) is 0 Å². The highest BCUT2D eigenvalue weighted by molar-refractivity contribution is 7.10. The minimum atomic E-state index is 0.0622. The van der Waals surface area contributed by atoms with Crippen molar-refractivity contribution in [3.05, 3.63) is 57.8 Å².